The molecule has 1 N–H and O–H groups in total. The Morgan fingerprint density at radius 2 is 1.77 bits per heavy atom. The summed E-state index contributed by atoms with van der Waals surface area (Å²) in [4.78, 5) is 40.2. The molecular formula is C26H24FN3O5. The van der Waals surface area contributed by atoms with E-state index in [-0.39, 0.29) is 24.9 Å². The highest BCUT2D eigenvalue weighted by Crippen LogP contribution is 2.38. The van der Waals surface area contributed by atoms with Crippen molar-refractivity contribution in [1.29, 1.82) is 0 Å². The van der Waals surface area contributed by atoms with E-state index < -0.39 is 17.5 Å². The number of nitrogens with one attached hydrogen (secondary N) is 1. The summed E-state index contributed by atoms with van der Waals surface area (Å²) in [6.45, 7) is 5.46. The van der Waals surface area contributed by atoms with Gasteiger partial charge in [0.1, 0.15) is 11.4 Å². The first-order chi connectivity index (χ1) is 16.7. The Labute approximate surface area is 201 Å². The summed E-state index contributed by atoms with van der Waals surface area (Å²) < 4.78 is 25.9. The summed E-state index contributed by atoms with van der Waals surface area (Å²) in [6.07, 6.45) is 0. The molecule has 5 rings (SSSR count). The van der Waals surface area contributed by atoms with Gasteiger partial charge in [-0.3, -0.25) is 14.5 Å². The number of imide groups is 1. The maximum atomic E-state index is 13.3. The summed E-state index contributed by atoms with van der Waals surface area (Å²) in [7, 11) is 0. The molecule has 3 heterocycles. The molecular weight excluding hydrogens is 453 g/mol. The summed E-state index contributed by atoms with van der Waals surface area (Å²) in [5.41, 5.74) is 2.08. The molecule has 1 fully saturated rings. The van der Waals surface area contributed by atoms with Gasteiger partial charge in [-0.05, 0) is 62.2 Å². The number of amides is 3. The third-order valence-electron chi connectivity index (χ3n) is 6.65. The minimum atomic E-state index is -1.34. The van der Waals surface area contributed by atoms with Crippen LogP contribution in [-0.4, -0.2) is 40.5 Å². The summed E-state index contributed by atoms with van der Waals surface area (Å²) >= 11 is 0. The third kappa shape index (κ3) is 3.82. The number of nitrogens with zero attached hydrogens (tertiary/aromatic N) is 2. The van der Waals surface area contributed by atoms with Crippen molar-refractivity contribution in [2.75, 3.05) is 13.3 Å². The Morgan fingerprint density at radius 1 is 1.06 bits per heavy atom. The number of ketones is 1. The number of carbonyl (C=O) groups is 3. The molecule has 2 aliphatic heterocycles. The second kappa shape index (κ2) is 8.26. The average molecular weight is 477 g/mol. The fraction of sp³-hybridized carbons (Fsp3) is 0.269. The number of urea groups is 1. The molecule has 0 unspecified atom stereocenters. The van der Waals surface area contributed by atoms with Crippen LogP contribution in [0.15, 0.2) is 48.5 Å². The molecule has 2 aromatic carbocycles. The van der Waals surface area contributed by atoms with E-state index in [1.54, 1.807) is 43.3 Å². The average Bonchev–Trinajstić information content (AvgIpc) is 3.48. The SMILES string of the molecule is Cc1cc(C(=O)CN2C(=O)N[C@@](C)(c3ccc4c(c3)OCO4)C2=O)c(C)n1Cc1ccc(F)cc1. The summed E-state index contributed by atoms with van der Waals surface area (Å²) in [6, 6.07) is 12.3. The minimum absolute atomic E-state index is 0.0933. The number of aromatic nitrogens is 1. The number of hydrogen-bond acceptors (Lipinski definition) is 5. The van der Waals surface area contributed by atoms with Crippen molar-refractivity contribution >= 4 is 17.7 Å². The molecule has 0 radical (unpaired) electrons. The van der Waals surface area contributed by atoms with Gasteiger partial charge in [0.25, 0.3) is 5.91 Å². The quantitative estimate of drug-likeness (QED) is 0.432. The monoisotopic (exact) mass is 477 g/mol. The highest BCUT2D eigenvalue weighted by molar-refractivity contribution is 6.11. The van der Waals surface area contributed by atoms with Crippen LogP contribution in [0.4, 0.5) is 9.18 Å². The van der Waals surface area contributed by atoms with Gasteiger partial charge < -0.3 is 19.4 Å². The van der Waals surface area contributed by atoms with Crippen molar-refractivity contribution in [3.63, 3.8) is 0 Å². The number of rotatable bonds is 6. The van der Waals surface area contributed by atoms with Crippen molar-refractivity contribution in [2.24, 2.45) is 0 Å². The van der Waals surface area contributed by atoms with Crippen molar-refractivity contribution < 1.29 is 28.2 Å². The van der Waals surface area contributed by atoms with Gasteiger partial charge in [-0.1, -0.05) is 18.2 Å². The maximum absolute atomic E-state index is 13.3. The van der Waals surface area contributed by atoms with Crippen LogP contribution in [-0.2, 0) is 16.9 Å². The predicted octanol–water partition coefficient (Wildman–Crippen LogP) is 3.67. The number of fused-ring (bicyclic) bond motifs is 1. The molecule has 1 aromatic heterocycles. The van der Waals surface area contributed by atoms with Gasteiger partial charge in [-0.2, -0.15) is 0 Å². The van der Waals surface area contributed by atoms with Crippen LogP contribution in [0.25, 0.3) is 0 Å². The molecule has 3 amide bonds. The highest BCUT2D eigenvalue weighted by atomic mass is 19.1. The summed E-state index contributed by atoms with van der Waals surface area (Å²) in [5, 5.41) is 2.72. The topological polar surface area (TPSA) is 89.9 Å². The first-order valence-electron chi connectivity index (χ1n) is 11.2. The molecule has 0 saturated carbocycles. The molecule has 35 heavy (non-hydrogen) atoms. The number of Topliss-reactive ketones (excluding diaryl/α,β-unsaturated/α-hetero) is 1. The molecule has 0 bridgehead atoms. The molecule has 180 valence electrons. The van der Waals surface area contributed by atoms with Gasteiger partial charge in [0.15, 0.2) is 17.3 Å². The number of carbonyl (C=O) groups excluding carboxylic acids is 3. The lowest BCUT2D eigenvalue weighted by atomic mass is 9.91. The van der Waals surface area contributed by atoms with Crippen molar-refractivity contribution in [3.05, 3.63) is 82.4 Å². The van der Waals surface area contributed by atoms with Crippen LogP contribution in [0.1, 0.15) is 39.8 Å². The zero-order valence-electron chi connectivity index (χ0n) is 19.6. The molecule has 0 spiro atoms. The van der Waals surface area contributed by atoms with E-state index in [9.17, 15) is 18.8 Å². The van der Waals surface area contributed by atoms with E-state index >= 15 is 0 Å². The Bertz CT molecular complexity index is 1360. The molecule has 3 aromatic rings. The Morgan fingerprint density at radius 3 is 2.51 bits per heavy atom. The van der Waals surface area contributed by atoms with E-state index in [1.165, 1.54) is 12.1 Å². The van der Waals surface area contributed by atoms with E-state index in [0.29, 0.717) is 34.9 Å². The molecule has 0 aliphatic carbocycles. The van der Waals surface area contributed by atoms with Gasteiger partial charge in [-0.15, -0.1) is 0 Å². The van der Waals surface area contributed by atoms with Crippen LogP contribution in [0.2, 0.25) is 0 Å². The van der Waals surface area contributed by atoms with Crippen LogP contribution in [0, 0.1) is 19.7 Å². The lowest BCUT2D eigenvalue weighted by molar-refractivity contribution is -0.130. The van der Waals surface area contributed by atoms with Crippen molar-refractivity contribution in [2.45, 2.75) is 32.9 Å². The summed E-state index contributed by atoms with van der Waals surface area (Å²) in [5.74, 6) is -0.116. The Balaban J connectivity index is 1.36. The molecule has 1 atom stereocenters. The van der Waals surface area contributed by atoms with Crippen molar-refractivity contribution in [1.82, 2.24) is 14.8 Å². The van der Waals surface area contributed by atoms with E-state index in [2.05, 4.69) is 5.32 Å². The normalized spacial score (nSPS) is 18.8. The number of hydrogen-bond donors (Lipinski definition) is 1. The largest absolute Gasteiger partial charge is 0.454 e. The van der Waals surface area contributed by atoms with Gasteiger partial charge in [0.2, 0.25) is 6.79 Å². The van der Waals surface area contributed by atoms with E-state index in [0.717, 1.165) is 16.2 Å². The smallest absolute Gasteiger partial charge is 0.325 e. The number of aryl methyl sites for hydroxylation is 1. The van der Waals surface area contributed by atoms with Gasteiger partial charge >= 0.3 is 6.03 Å². The van der Waals surface area contributed by atoms with Crippen molar-refractivity contribution in [3.8, 4) is 11.5 Å². The first kappa shape index (κ1) is 22.6. The molecule has 1 saturated heterocycles. The lowest BCUT2D eigenvalue weighted by Gasteiger charge is -2.22. The van der Waals surface area contributed by atoms with Crippen LogP contribution in [0.3, 0.4) is 0 Å². The fourth-order valence-electron chi connectivity index (χ4n) is 4.57. The first-order valence-corrected chi connectivity index (χ1v) is 11.2. The standard InChI is InChI=1S/C26H24FN3O5/c1-15-10-20(16(2)29(15)12-17-4-7-19(27)8-5-17)21(31)13-30-24(32)26(3,28-25(30)33)18-6-9-22-23(11-18)35-14-34-22/h4-11H,12-14H2,1-3H3,(H,28,33)/t26-/m0/s1. The third-order valence-corrected chi connectivity index (χ3v) is 6.65. The number of benzene rings is 2. The van der Waals surface area contributed by atoms with Gasteiger partial charge in [-0.25, -0.2) is 9.18 Å². The van der Waals surface area contributed by atoms with Gasteiger partial charge in [0, 0.05) is 23.5 Å². The fourth-order valence-corrected chi connectivity index (χ4v) is 4.57. The van der Waals surface area contributed by atoms with Crippen LogP contribution in [0.5, 0.6) is 11.5 Å². The molecule has 8 nitrogen and oxygen atoms in total. The Hall–Kier alpha value is -4.14. The number of ether oxygens (including phenoxy) is 2. The zero-order chi connectivity index (χ0) is 24.9. The maximum Gasteiger partial charge on any atom is 0.325 e. The highest BCUT2D eigenvalue weighted by Gasteiger charge is 2.50. The molecule has 2 aliphatic rings. The second-order valence-corrected chi connectivity index (χ2v) is 8.94. The van der Waals surface area contributed by atoms with Gasteiger partial charge in [0.05, 0.1) is 6.54 Å². The Kier molecular flexibility index (Phi) is 5.35. The minimum Gasteiger partial charge on any atom is -0.454 e. The van der Waals surface area contributed by atoms with E-state index in [1.807, 2.05) is 18.4 Å². The van der Waals surface area contributed by atoms with E-state index in [4.69, 9.17) is 9.47 Å². The van der Waals surface area contributed by atoms with Crippen LogP contribution >= 0.6 is 0 Å². The lowest BCUT2D eigenvalue weighted by Crippen LogP contribution is -2.41. The second-order valence-electron chi connectivity index (χ2n) is 8.94. The van der Waals surface area contributed by atoms with Crippen LogP contribution < -0.4 is 14.8 Å². The molecule has 9 heteroatoms. The predicted molar refractivity (Wildman–Crippen MR) is 124 cm³/mol. The zero-order valence-corrected chi connectivity index (χ0v) is 19.6. The number of halogens is 1.